The minimum Gasteiger partial charge on any atom is -0.356 e. The highest BCUT2D eigenvalue weighted by molar-refractivity contribution is 6.10. The predicted molar refractivity (Wildman–Crippen MR) is 117 cm³/mol. The van der Waals surface area contributed by atoms with Crippen LogP contribution in [0.3, 0.4) is 0 Å². The molecule has 6 rings (SSSR count). The maximum atomic E-state index is 13.4. The number of nitrogens with one attached hydrogen (secondary N) is 3. The quantitative estimate of drug-likeness (QED) is 0.568. The smallest absolute Gasteiger partial charge is 0.222 e. The van der Waals surface area contributed by atoms with Gasteiger partial charge in [0.1, 0.15) is 5.82 Å². The number of carbonyl (C=O) groups is 2. The molecule has 0 radical (unpaired) electrons. The summed E-state index contributed by atoms with van der Waals surface area (Å²) in [6, 6.07) is 13.6. The zero-order valence-electron chi connectivity index (χ0n) is 17.2. The molecule has 2 aromatic heterocycles. The Hall–Kier alpha value is -3.41. The molecular formula is C24H24N4O2. The molecule has 1 amide bonds. The molecule has 1 aromatic carbocycles. The van der Waals surface area contributed by atoms with Gasteiger partial charge in [0.25, 0.3) is 0 Å². The van der Waals surface area contributed by atoms with Gasteiger partial charge in [-0.1, -0.05) is 32.0 Å². The lowest BCUT2D eigenvalue weighted by atomic mass is 9.48. The lowest BCUT2D eigenvalue weighted by Gasteiger charge is -2.54. The highest BCUT2D eigenvalue weighted by atomic mass is 16.1. The molecule has 3 N–H and O–H groups in total. The van der Waals surface area contributed by atoms with Gasteiger partial charge < -0.3 is 15.6 Å². The van der Waals surface area contributed by atoms with Gasteiger partial charge >= 0.3 is 0 Å². The van der Waals surface area contributed by atoms with E-state index in [-0.39, 0.29) is 23.0 Å². The Kier molecular flexibility index (Phi) is 4.07. The van der Waals surface area contributed by atoms with E-state index in [1.54, 1.807) is 6.20 Å². The van der Waals surface area contributed by atoms with Crippen molar-refractivity contribution in [3.8, 4) is 11.3 Å². The molecule has 30 heavy (non-hydrogen) atoms. The number of hydrogen-bond acceptors (Lipinski definition) is 4. The van der Waals surface area contributed by atoms with Crippen molar-refractivity contribution >= 4 is 28.9 Å². The van der Waals surface area contributed by atoms with Crippen molar-refractivity contribution in [1.29, 1.82) is 0 Å². The number of hydrogen-bond donors (Lipinski definition) is 3. The van der Waals surface area contributed by atoms with E-state index < -0.39 is 0 Å². The standard InChI is InChI=1S/C24H24N4O2/c1-13(29)26-18-11-14(9-10-25-18)20-22(27-15-7-5-4-6-8-15)19-21(28-20)16-12-17(23(19)30)24(16,2)3/h4-11,16-17,27-28H,12H2,1-3H3,(H,25,26,29)/t16-,17+/m1/s1. The van der Waals surface area contributed by atoms with Crippen molar-refractivity contribution < 1.29 is 9.59 Å². The van der Waals surface area contributed by atoms with E-state index in [1.165, 1.54) is 6.92 Å². The molecule has 6 nitrogen and oxygen atoms in total. The van der Waals surface area contributed by atoms with Crippen molar-refractivity contribution in [3.63, 3.8) is 0 Å². The summed E-state index contributed by atoms with van der Waals surface area (Å²) in [5.74, 6) is 0.897. The van der Waals surface area contributed by atoms with Gasteiger partial charge in [0.15, 0.2) is 5.78 Å². The molecule has 3 aromatic rings. The number of Topliss-reactive ketones (excluding diaryl/α,β-unsaturated/α-hetero) is 1. The molecular weight excluding hydrogens is 376 g/mol. The largest absolute Gasteiger partial charge is 0.356 e. The second-order valence-electron chi connectivity index (χ2n) is 8.79. The van der Waals surface area contributed by atoms with E-state index in [0.29, 0.717) is 11.7 Å². The molecule has 152 valence electrons. The number of H-pyrrole nitrogens is 1. The maximum Gasteiger partial charge on any atom is 0.222 e. The summed E-state index contributed by atoms with van der Waals surface area (Å²) in [6.07, 6.45) is 2.56. The normalized spacial score (nSPS) is 20.8. The average Bonchev–Trinajstić information content (AvgIpc) is 3.08. The Morgan fingerprint density at radius 3 is 2.63 bits per heavy atom. The van der Waals surface area contributed by atoms with Gasteiger partial charge in [0.05, 0.1) is 16.9 Å². The monoisotopic (exact) mass is 400 g/mol. The van der Waals surface area contributed by atoms with Gasteiger partial charge in [-0.3, -0.25) is 9.59 Å². The van der Waals surface area contributed by atoms with Gasteiger partial charge in [0, 0.05) is 41.9 Å². The van der Waals surface area contributed by atoms with Crippen LogP contribution >= 0.6 is 0 Å². The first kappa shape index (κ1) is 18.6. The fourth-order valence-corrected chi connectivity index (χ4v) is 4.91. The van der Waals surface area contributed by atoms with Crippen LogP contribution in [0, 0.1) is 11.3 Å². The first-order chi connectivity index (χ1) is 14.4. The molecule has 3 aliphatic carbocycles. The fraction of sp³-hybridized carbons (Fsp3) is 0.292. The molecule has 2 heterocycles. The molecule has 3 aliphatic rings. The van der Waals surface area contributed by atoms with Gasteiger partial charge in [-0.2, -0.15) is 0 Å². The van der Waals surface area contributed by atoms with E-state index in [9.17, 15) is 9.59 Å². The minimum atomic E-state index is -0.175. The highest BCUT2D eigenvalue weighted by Gasteiger charge is 2.58. The Morgan fingerprint density at radius 1 is 1.17 bits per heavy atom. The molecule has 0 spiro atoms. The summed E-state index contributed by atoms with van der Waals surface area (Å²) in [7, 11) is 0. The van der Waals surface area contributed by atoms with Crippen LogP contribution in [0.1, 0.15) is 49.2 Å². The third kappa shape index (κ3) is 2.75. The molecule has 0 aliphatic heterocycles. The van der Waals surface area contributed by atoms with Crippen LogP contribution in [0.4, 0.5) is 17.2 Å². The van der Waals surface area contributed by atoms with Crippen LogP contribution in [0.2, 0.25) is 0 Å². The number of anilines is 3. The summed E-state index contributed by atoms with van der Waals surface area (Å²) in [5, 5.41) is 6.21. The zero-order valence-corrected chi connectivity index (χ0v) is 17.2. The van der Waals surface area contributed by atoms with Gasteiger partial charge in [-0.05, 0) is 36.1 Å². The lowest BCUT2D eigenvalue weighted by molar-refractivity contribution is -0.114. The Bertz CT molecular complexity index is 1160. The van der Waals surface area contributed by atoms with Crippen LogP contribution in [-0.2, 0) is 4.79 Å². The zero-order chi connectivity index (χ0) is 21.0. The van der Waals surface area contributed by atoms with Crippen molar-refractivity contribution in [2.24, 2.45) is 11.3 Å². The number of rotatable bonds is 4. The van der Waals surface area contributed by atoms with Crippen LogP contribution in [0.5, 0.6) is 0 Å². The third-order valence-electron chi connectivity index (χ3n) is 6.60. The predicted octanol–water partition coefficient (Wildman–Crippen LogP) is 5.10. The van der Waals surface area contributed by atoms with Crippen LogP contribution in [0.25, 0.3) is 11.3 Å². The number of benzene rings is 1. The molecule has 6 heteroatoms. The molecule has 2 bridgehead atoms. The van der Waals surface area contributed by atoms with E-state index in [2.05, 4.69) is 34.4 Å². The van der Waals surface area contributed by atoms with Crippen molar-refractivity contribution in [2.75, 3.05) is 10.6 Å². The summed E-state index contributed by atoms with van der Waals surface area (Å²) in [4.78, 5) is 32.7. The first-order valence-electron chi connectivity index (χ1n) is 10.2. The Labute approximate surface area is 175 Å². The number of amides is 1. The number of aromatic nitrogens is 2. The number of para-hydroxylation sites is 1. The number of ketones is 1. The summed E-state index contributed by atoms with van der Waals surface area (Å²) in [6.45, 7) is 5.82. The van der Waals surface area contributed by atoms with Gasteiger partial charge in [0.2, 0.25) is 5.91 Å². The highest BCUT2D eigenvalue weighted by Crippen LogP contribution is 2.63. The lowest BCUT2D eigenvalue weighted by Crippen LogP contribution is -2.51. The third-order valence-corrected chi connectivity index (χ3v) is 6.60. The van der Waals surface area contributed by atoms with Crippen molar-refractivity contribution in [2.45, 2.75) is 33.1 Å². The number of pyridine rings is 1. The topological polar surface area (TPSA) is 86.9 Å². The summed E-state index contributed by atoms with van der Waals surface area (Å²) >= 11 is 0. The molecule has 2 atom stereocenters. The number of carbonyl (C=O) groups excluding carboxylic acids is 2. The van der Waals surface area contributed by atoms with Crippen molar-refractivity contribution in [1.82, 2.24) is 9.97 Å². The van der Waals surface area contributed by atoms with E-state index in [1.807, 2.05) is 42.5 Å². The van der Waals surface area contributed by atoms with Crippen LogP contribution in [-0.4, -0.2) is 21.7 Å². The van der Waals surface area contributed by atoms with E-state index in [0.717, 1.165) is 40.3 Å². The minimum absolute atomic E-state index is 0.0319. The molecule has 1 saturated carbocycles. The van der Waals surface area contributed by atoms with Crippen molar-refractivity contribution in [3.05, 3.63) is 59.9 Å². The Balaban J connectivity index is 1.67. The second-order valence-corrected chi connectivity index (χ2v) is 8.79. The van der Waals surface area contributed by atoms with E-state index >= 15 is 0 Å². The Morgan fingerprint density at radius 2 is 1.93 bits per heavy atom. The van der Waals surface area contributed by atoms with E-state index in [4.69, 9.17) is 0 Å². The number of aromatic amines is 1. The summed E-state index contributed by atoms with van der Waals surface area (Å²) < 4.78 is 0. The van der Waals surface area contributed by atoms with Crippen LogP contribution in [0.15, 0.2) is 48.7 Å². The SMILES string of the molecule is CC(=O)Nc1cc(-c2[nH]c3c(c2Nc2ccccc2)C(=O)[C@@H]2C[C@H]3C2(C)C)ccn1. The summed E-state index contributed by atoms with van der Waals surface area (Å²) in [5.41, 5.74) is 5.18. The van der Waals surface area contributed by atoms with Gasteiger partial charge in [-0.25, -0.2) is 4.98 Å². The molecule has 1 fully saturated rings. The maximum absolute atomic E-state index is 13.4. The first-order valence-corrected chi connectivity index (χ1v) is 10.2. The molecule has 0 saturated heterocycles. The molecule has 0 unspecified atom stereocenters. The average molecular weight is 400 g/mol. The van der Waals surface area contributed by atoms with Gasteiger partial charge in [-0.15, -0.1) is 0 Å². The van der Waals surface area contributed by atoms with Crippen LogP contribution < -0.4 is 10.6 Å². The second kappa shape index (κ2) is 6.55. The number of nitrogens with zero attached hydrogens (tertiary/aromatic N) is 1. The fourth-order valence-electron chi connectivity index (χ4n) is 4.91.